The maximum absolute atomic E-state index is 12.9. The summed E-state index contributed by atoms with van der Waals surface area (Å²) in [4.78, 5) is 37.5. The van der Waals surface area contributed by atoms with E-state index in [0.29, 0.717) is 25.4 Å². The molecule has 4 rings (SSSR count). The van der Waals surface area contributed by atoms with Gasteiger partial charge in [-0.1, -0.05) is 31.4 Å². The van der Waals surface area contributed by atoms with Crippen molar-refractivity contribution in [1.29, 1.82) is 0 Å². The molecule has 1 aromatic heterocycles. The molecule has 1 unspecified atom stereocenters. The van der Waals surface area contributed by atoms with Gasteiger partial charge >= 0.3 is 0 Å². The standard InChI is InChI=1S/C23H33N5O2/c1-17(24-21(29)16-18-8-3-2-4-9-18)22(30)27-12-7-13-28(15-14-27)23-25-19-10-5-6-11-20(19)26-23/h5-6,10-11,17-18H,2-4,7-9,12-16H2,1H3,(H,24,29)(H,25,26). The molecule has 1 aliphatic carbocycles. The number of imidazole rings is 1. The van der Waals surface area contributed by atoms with Crippen LogP contribution in [-0.4, -0.2) is 58.9 Å². The molecule has 1 aromatic carbocycles. The molecule has 1 aliphatic heterocycles. The van der Waals surface area contributed by atoms with Gasteiger partial charge in [-0.25, -0.2) is 4.98 Å². The third-order valence-corrected chi connectivity index (χ3v) is 6.43. The number of carbonyl (C=O) groups is 2. The van der Waals surface area contributed by atoms with Crippen molar-refractivity contribution in [1.82, 2.24) is 20.2 Å². The van der Waals surface area contributed by atoms with Crippen LogP contribution in [0.25, 0.3) is 11.0 Å². The summed E-state index contributed by atoms with van der Waals surface area (Å²) in [5.74, 6) is 1.37. The van der Waals surface area contributed by atoms with Crippen LogP contribution in [0.4, 0.5) is 5.95 Å². The van der Waals surface area contributed by atoms with Crippen molar-refractivity contribution in [3.63, 3.8) is 0 Å². The van der Waals surface area contributed by atoms with E-state index in [1.807, 2.05) is 36.1 Å². The monoisotopic (exact) mass is 411 g/mol. The van der Waals surface area contributed by atoms with Gasteiger partial charge in [0.1, 0.15) is 6.04 Å². The van der Waals surface area contributed by atoms with Crippen LogP contribution in [0, 0.1) is 5.92 Å². The Labute approximate surface area is 178 Å². The third-order valence-electron chi connectivity index (χ3n) is 6.43. The molecule has 2 fully saturated rings. The highest BCUT2D eigenvalue weighted by Gasteiger charge is 2.26. The molecule has 0 bridgehead atoms. The van der Waals surface area contributed by atoms with Crippen LogP contribution in [0.15, 0.2) is 24.3 Å². The number of benzene rings is 1. The van der Waals surface area contributed by atoms with Crippen molar-refractivity contribution >= 4 is 28.8 Å². The number of carbonyl (C=O) groups excluding carboxylic acids is 2. The summed E-state index contributed by atoms with van der Waals surface area (Å²) >= 11 is 0. The lowest BCUT2D eigenvalue weighted by Crippen LogP contribution is -2.48. The second-order valence-electron chi connectivity index (χ2n) is 8.74. The summed E-state index contributed by atoms with van der Waals surface area (Å²) in [5.41, 5.74) is 1.98. The molecule has 7 nitrogen and oxygen atoms in total. The third kappa shape index (κ3) is 4.94. The zero-order valence-electron chi connectivity index (χ0n) is 17.9. The lowest BCUT2D eigenvalue weighted by atomic mass is 9.87. The SMILES string of the molecule is CC(NC(=O)CC1CCCCC1)C(=O)N1CCCN(c2nc3ccccc3[nH]2)CC1. The topological polar surface area (TPSA) is 81.3 Å². The minimum absolute atomic E-state index is 0.0125. The largest absolute Gasteiger partial charge is 0.345 e. The molecule has 0 radical (unpaired) electrons. The quantitative estimate of drug-likeness (QED) is 0.792. The van der Waals surface area contributed by atoms with Crippen LogP contribution >= 0.6 is 0 Å². The Kier molecular flexibility index (Phi) is 6.55. The molecule has 2 amide bonds. The van der Waals surface area contributed by atoms with Crippen molar-refractivity contribution < 1.29 is 9.59 Å². The highest BCUT2D eigenvalue weighted by atomic mass is 16.2. The van der Waals surface area contributed by atoms with E-state index in [1.54, 1.807) is 0 Å². The fourth-order valence-electron chi connectivity index (χ4n) is 4.73. The van der Waals surface area contributed by atoms with Crippen molar-refractivity contribution in [2.24, 2.45) is 5.92 Å². The van der Waals surface area contributed by atoms with E-state index in [0.717, 1.165) is 49.3 Å². The van der Waals surface area contributed by atoms with Gasteiger partial charge in [0.2, 0.25) is 17.8 Å². The van der Waals surface area contributed by atoms with Crippen molar-refractivity contribution in [3.05, 3.63) is 24.3 Å². The second kappa shape index (κ2) is 9.49. The van der Waals surface area contributed by atoms with Gasteiger partial charge in [-0.05, 0) is 44.2 Å². The summed E-state index contributed by atoms with van der Waals surface area (Å²) in [6, 6.07) is 7.54. The Morgan fingerprint density at radius 1 is 1.10 bits per heavy atom. The first-order valence-corrected chi connectivity index (χ1v) is 11.4. The smallest absolute Gasteiger partial charge is 0.244 e. The number of rotatable bonds is 5. The van der Waals surface area contributed by atoms with Gasteiger partial charge in [0.15, 0.2) is 0 Å². The average Bonchev–Trinajstić information content (AvgIpc) is 3.03. The van der Waals surface area contributed by atoms with Crippen LogP contribution in [0.2, 0.25) is 0 Å². The van der Waals surface area contributed by atoms with Crippen molar-refractivity contribution in [2.45, 2.75) is 57.9 Å². The molecular weight excluding hydrogens is 378 g/mol. The van der Waals surface area contributed by atoms with Crippen LogP contribution in [0.1, 0.15) is 51.9 Å². The molecule has 1 saturated carbocycles. The van der Waals surface area contributed by atoms with Gasteiger partial charge in [0.05, 0.1) is 11.0 Å². The van der Waals surface area contributed by atoms with E-state index in [4.69, 9.17) is 0 Å². The molecule has 7 heteroatoms. The van der Waals surface area contributed by atoms with Crippen LogP contribution in [-0.2, 0) is 9.59 Å². The zero-order chi connectivity index (χ0) is 20.9. The predicted octanol–water partition coefficient (Wildman–Crippen LogP) is 3.08. The molecule has 0 spiro atoms. The number of hydrogen-bond donors (Lipinski definition) is 2. The van der Waals surface area contributed by atoms with E-state index in [-0.39, 0.29) is 11.8 Å². The molecule has 2 N–H and O–H groups in total. The molecule has 30 heavy (non-hydrogen) atoms. The molecule has 1 saturated heterocycles. The van der Waals surface area contributed by atoms with Gasteiger partial charge in [0.25, 0.3) is 0 Å². The summed E-state index contributed by atoms with van der Waals surface area (Å²) in [6.07, 6.45) is 7.44. The molecule has 2 heterocycles. The number of nitrogens with one attached hydrogen (secondary N) is 2. The van der Waals surface area contributed by atoms with E-state index in [9.17, 15) is 9.59 Å². The number of amides is 2. The van der Waals surface area contributed by atoms with E-state index >= 15 is 0 Å². The van der Waals surface area contributed by atoms with Gasteiger partial charge in [-0.15, -0.1) is 0 Å². The second-order valence-corrected chi connectivity index (χ2v) is 8.74. The number of para-hydroxylation sites is 2. The summed E-state index contributed by atoms with van der Waals surface area (Å²) in [7, 11) is 0. The minimum Gasteiger partial charge on any atom is -0.345 e. The lowest BCUT2D eigenvalue weighted by Gasteiger charge is -2.26. The lowest BCUT2D eigenvalue weighted by molar-refractivity contribution is -0.136. The number of anilines is 1. The van der Waals surface area contributed by atoms with Crippen molar-refractivity contribution in [2.75, 3.05) is 31.1 Å². The van der Waals surface area contributed by atoms with Gasteiger partial charge in [-0.3, -0.25) is 9.59 Å². The van der Waals surface area contributed by atoms with E-state index in [1.165, 1.54) is 19.3 Å². The van der Waals surface area contributed by atoms with Gasteiger partial charge in [0, 0.05) is 32.6 Å². The number of hydrogen-bond acceptors (Lipinski definition) is 4. The number of fused-ring (bicyclic) bond motifs is 1. The van der Waals surface area contributed by atoms with Crippen molar-refractivity contribution in [3.8, 4) is 0 Å². The molecular formula is C23H33N5O2. The van der Waals surface area contributed by atoms with Crippen LogP contribution in [0.3, 0.4) is 0 Å². The first kappa shape index (κ1) is 20.7. The normalized spacial score (nSPS) is 19.5. The Balaban J connectivity index is 1.29. The fraction of sp³-hybridized carbons (Fsp3) is 0.609. The van der Waals surface area contributed by atoms with E-state index < -0.39 is 6.04 Å². The first-order chi connectivity index (χ1) is 14.6. The molecule has 1 atom stereocenters. The highest BCUT2D eigenvalue weighted by Crippen LogP contribution is 2.26. The molecule has 162 valence electrons. The maximum Gasteiger partial charge on any atom is 0.244 e. The molecule has 2 aromatic rings. The van der Waals surface area contributed by atoms with Gasteiger partial charge in [-0.2, -0.15) is 0 Å². The summed E-state index contributed by atoms with van der Waals surface area (Å²) in [6.45, 7) is 4.74. The number of H-pyrrole nitrogens is 1. The fourth-order valence-corrected chi connectivity index (χ4v) is 4.73. The Bertz CT molecular complexity index is 840. The molecule has 2 aliphatic rings. The number of aromatic nitrogens is 2. The number of aromatic amines is 1. The van der Waals surface area contributed by atoms with Crippen LogP contribution in [0.5, 0.6) is 0 Å². The van der Waals surface area contributed by atoms with Gasteiger partial charge < -0.3 is 20.1 Å². The first-order valence-electron chi connectivity index (χ1n) is 11.4. The Morgan fingerprint density at radius 3 is 2.70 bits per heavy atom. The minimum atomic E-state index is -0.473. The maximum atomic E-state index is 12.9. The number of nitrogens with zero attached hydrogens (tertiary/aromatic N) is 3. The Morgan fingerprint density at radius 2 is 1.90 bits per heavy atom. The zero-order valence-corrected chi connectivity index (χ0v) is 17.9. The van der Waals surface area contributed by atoms with E-state index in [2.05, 4.69) is 20.2 Å². The predicted molar refractivity (Wildman–Crippen MR) is 118 cm³/mol. The average molecular weight is 412 g/mol. The van der Waals surface area contributed by atoms with Crippen LogP contribution < -0.4 is 10.2 Å². The highest BCUT2D eigenvalue weighted by molar-refractivity contribution is 5.87. The summed E-state index contributed by atoms with van der Waals surface area (Å²) < 4.78 is 0. The Hall–Kier alpha value is -2.57. The summed E-state index contributed by atoms with van der Waals surface area (Å²) in [5, 5.41) is 2.94.